The molecule has 1 heterocycles. The molecule has 0 saturated carbocycles. The van der Waals surface area contributed by atoms with Gasteiger partial charge in [-0.15, -0.1) is 0 Å². The fraction of sp³-hybridized carbons (Fsp3) is 0.385. The number of benzene rings is 1. The highest BCUT2D eigenvalue weighted by molar-refractivity contribution is 14.1. The van der Waals surface area contributed by atoms with E-state index in [4.69, 9.17) is 5.73 Å². The van der Waals surface area contributed by atoms with Crippen LogP contribution < -0.4 is 11.1 Å². The topological polar surface area (TPSA) is 72.2 Å². The lowest BCUT2D eigenvalue weighted by Crippen LogP contribution is -2.51. The summed E-state index contributed by atoms with van der Waals surface area (Å²) in [6.07, 6.45) is 1.63. The molecule has 0 unspecified atom stereocenters. The summed E-state index contributed by atoms with van der Waals surface area (Å²) in [5.41, 5.74) is 6.85. The average molecular weight is 358 g/mol. The van der Waals surface area contributed by atoms with E-state index < -0.39 is 5.41 Å². The molecule has 0 aliphatic carbocycles. The second-order valence-electron chi connectivity index (χ2n) is 4.55. The third-order valence-electron chi connectivity index (χ3n) is 3.62. The molecule has 1 fully saturated rings. The van der Waals surface area contributed by atoms with Gasteiger partial charge in [-0.25, -0.2) is 0 Å². The van der Waals surface area contributed by atoms with Crippen LogP contribution in [0, 0.1) is 3.57 Å². The van der Waals surface area contributed by atoms with Crippen LogP contribution in [0.4, 0.5) is 5.69 Å². The van der Waals surface area contributed by atoms with E-state index in [1.165, 1.54) is 0 Å². The lowest BCUT2D eigenvalue weighted by atomic mass is 9.72. The van der Waals surface area contributed by atoms with Crippen molar-refractivity contribution < 1.29 is 9.59 Å². The van der Waals surface area contributed by atoms with E-state index in [9.17, 15) is 9.59 Å². The predicted molar refractivity (Wildman–Crippen MR) is 77.9 cm³/mol. The minimum absolute atomic E-state index is 0.186. The second kappa shape index (κ2) is 4.87. The molecule has 1 aliphatic heterocycles. The first kappa shape index (κ1) is 13.3. The van der Waals surface area contributed by atoms with Crippen molar-refractivity contribution in [1.82, 2.24) is 5.32 Å². The van der Waals surface area contributed by atoms with Gasteiger partial charge in [-0.1, -0.05) is 13.0 Å². The molecule has 1 aromatic carbocycles. The molecule has 0 bridgehead atoms. The number of carbonyl (C=O) groups excluding carboxylic acids is 2. The zero-order valence-electron chi connectivity index (χ0n) is 10.1. The minimum atomic E-state index is -0.596. The van der Waals surface area contributed by atoms with Crippen molar-refractivity contribution in [2.45, 2.75) is 31.6 Å². The maximum absolute atomic E-state index is 12.2. The highest BCUT2D eigenvalue weighted by Gasteiger charge is 2.42. The molecule has 5 heteroatoms. The number of amides is 2. The number of imide groups is 1. The van der Waals surface area contributed by atoms with Crippen LogP contribution in [-0.2, 0) is 15.0 Å². The van der Waals surface area contributed by atoms with Gasteiger partial charge in [0.2, 0.25) is 11.8 Å². The summed E-state index contributed by atoms with van der Waals surface area (Å²) < 4.78 is 0.933. The van der Waals surface area contributed by atoms with Crippen LogP contribution in [0.3, 0.4) is 0 Å². The van der Waals surface area contributed by atoms with E-state index in [-0.39, 0.29) is 11.8 Å². The van der Waals surface area contributed by atoms with Gasteiger partial charge in [0.1, 0.15) is 0 Å². The molecule has 3 N–H and O–H groups in total. The first-order chi connectivity index (χ1) is 8.49. The third-order valence-corrected chi connectivity index (χ3v) is 4.56. The maximum Gasteiger partial charge on any atom is 0.237 e. The van der Waals surface area contributed by atoms with Crippen molar-refractivity contribution in [3.63, 3.8) is 0 Å². The van der Waals surface area contributed by atoms with E-state index >= 15 is 0 Å². The van der Waals surface area contributed by atoms with Gasteiger partial charge in [0.15, 0.2) is 0 Å². The number of nitrogen functional groups attached to an aromatic ring is 1. The maximum atomic E-state index is 12.2. The van der Waals surface area contributed by atoms with Crippen molar-refractivity contribution in [3.8, 4) is 0 Å². The Hall–Kier alpha value is -1.11. The number of hydrogen-bond donors (Lipinski definition) is 2. The molecule has 0 aromatic heterocycles. The first-order valence-corrected chi connectivity index (χ1v) is 6.97. The zero-order valence-corrected chi connectivity index (χ0v) is 12.3. The summed E-state index contributed by atoms with van der Waals surface area (Å²) in [6.45, 7) is 1.97. The Balaban J connectivity index is 2.46. The fourth-order valence-electron chi connectivity index (χ4n) is 2.39. The predicted octanol–water partition coefficient (Wildman–Crippen LogP) is 1.96. The monoisotopic (exact) mass is 358 g/mol. The molecule has 1 saturated heterocycles. The average Bonchev–Trinajstić information content (AvgIpc) is 2.34. The van der Waals surface area contributed by atoms with Crippen LogP contribution >= 0.6 is 22.6 Å². The third kappa shape index (κ3) is 2.11. The normalized spacial score (nSPS) is 23.9. The lowest BCUT2D eigenvalue weighted by molar-refractivity contribution is -0.138. The van der Waals surface area contributed by atoms with Gasteiger partial charge in [-0.2, -0.15) is 0 Å². The lowest BCUT2D eigenvalue weighted by Gasteiger charge is -2.35. The van der Waals surface area contributed by atoms with E-state index in [1.54, 1.807) is 0 Å². The Kier molecular flexibility index (Phi) is 3.61. The molecule has 96 valence electrons. The SMILES string of the molecule is CC[C@]1(c2ccc(N)c(I)c2)CCC(=O)NC1=O. The van der Waals surface area contributed by atoms with Crippen LogP contribution in [0.5, 0.6) is 0 Å². The van der Waals surface area contributed by atoms with Gasteiger partial charge in [0.25, 0.3) is 0 Å². The van der Waals surface area contributed by atoms with Crippen molar-refractivity contribution >= 4 is 40.1 Å². The molecule has 2 rings (SSSR count). The summed E-state index contributed by atoms with van der Waals surface area (Å²) in [5, 5.41) is 2.44. The van der Waals surface area contributed by atoms with E-state index in [0.29, 0.717) is 24.9 Å². The van der Waals surface area contributed by atoms with Crippen LogP contribution in [0.2, 0.25) is 0 Å². The number of carbonyl (C=O) groups is 2. The number of halogens is 1. The molecule has 1 aromatic rings. The molecule has 0 spiro atoms. The van der Waals surface area contributed by atoms with E-state index in [2.05, 4.69) is 27.9 Å². The van der Waals surface area contributed by atoms with Crippen molar-refractivity contribution in [3.05, 3.63) is 27.3 Å². The summed E-state index contributed by atoms with van der Waals surface area (Å²) in [6, 6.07) is 5.64. The highest BCUT2D eigenvalue weighted by atomic mass is 127. The molecule has 2 amide bonds. The van der Waals surface area contributed by atoms with Crippen LogP contribution in [0.1, 0.15) is 31.7 Å². The first-order valence-electron chi connectivity index (χ1n) is 5.89. The number of anilines is 1. The number of rotatable bonds is 2. The number of nitrogens with two attached hydrogens (primary N) is 1. The molecular formula is C13H15IN2O2. The van der Waals surface area contributed by atoms with Crippen LogP contribution in [0.25, 0.3) is 0 Å². The van der Waals surface area contributed by atoms with Gasteiger partial charge in [0, 0.05) is 15.7 Å². The Bertz CT molecular complexity index is 516. The summed E-state index contributed by atoms with van der Waals surface area (Å²) >= 11 is 2.16. The Labute approximate surface area is 119 Å². The quantitative estimate of drug-likeness (QED) is 0.482. The Morgan fingerprint density at radius 2 is 2.17 bits per heavy atom. The van der Waals surface area contributed by atoms with Crippen LogP contribution in [-0.4, -0.2) is 11.8 Å². The minimum Gasteiger partial charge on any atom is -0.398 e. The van der Waals surface area contributed by atoms with Crippen molar-refractivity contribution in [2.24, 2.45) is 0 Å². The molecule has 18 heavy (non-hydrogen) atoms. The molecule has 4 nitrogen and oxygen atoms in total. The van der Waals surface area contributed by atoms with Gasteiger partial charge in [-0.3, -0.25) is 14.9 Å². The number of nitrogens with one attached hydrogen (secondary N) is 1. The fourth-order valence-corrected chi connectivity index (χ4v) is 2.91. The van der Waals surface area contributed by atoms with Gasteiger partial charge >= 0.3 is 0 Å². The Morgan fingerprint density at radius 1 is 1.44 bits per heavy atom. The molecular weight excluding hydrogens is 343 g/mol. The summed E-state index contributed by atoms with van der Waals surface area (Å²) in [5.74, 6) is -0.379. The van der Waals surface area contributed by atoms with Gasteiger partial charge in [0.05, 0.1) is 5.41 Å². The van der Waals surface area contributed by atoms with Gasteiger partial charge in [-0.05, 0) is 53.1 Å². The Morgan fingerprint density at radius 3 is 2.72 bits per heavy atom. The largest absolute Gasteiger partial charge is 0.398 e. The molecule has 1 aliphatic rings. The number of piperidine rings is 1. The van der Waals surface area contributed by atoms with E-state index in [0.717, 1.165) is 9.13 Å². The van der Waals surface area contributed by atoms with Crippen LogP contribution in [0.15, 0.2) is 18.2 Å². The van der Waals surface area contributed by atoms with Crippen molar-refractivity contribution in [2.75, 3.05) is 5.73 Å². The van der Waals surface area contributed by atoms with Crippen molar-refractivity contribution in [1.29, 1.82) is 0 Å². The molecule has 0 radical (unpaired) electrons. The zero-order chi connectivity index (χ0) is 13.3. The number of hydrogen-bond acceptors (Lipinski definition) is 3. The highest BCUT2D eigenvalue weighted by Crippen LogP contribution is 2.37. The summed E-state index contributed by atoms with van der Waals surface area (Å²) in [4.78, 5) is 23.5. The standard InChI is InChI=1S/C13H15IN2O2/c1-2-13(6-5-11(17)16-12(13)18)8-3-4-10(15)9(14)7-8/h3-4,7H,2,5-6,15H2,1H3,(H,16,17,18)/t13-/m1/s1. The smallest absolute Gasteiger partial charge is 0.237 e. The molecule has 1 atom stereocenters. The summed E-state index contributed by atoms with van der Waals surface area (Å²) in [7, 11) is 0. The second-order valence-corrected chi connectivity index (χ2v) is 5.71. The van der Waals surface area contributed by atoms with E-state index in [1.807, 2.05) is 25.1 Å². The van der Waals surface area contributed by atoms with Gasteiger partial charge < -0.3 is 5.73 Å².